The van der Waals surface area contributed by atoms with Crippen LogP contribution >= 0.6 is 11.3 Å². The van der Waals surface area contributed by atoms with E-state index in [1.54, 1.807) is 36.0 Å². The molecular weight excluding hydrogens is 483 g/mol. The zero-order valence-corrected chi connectivity index (χ0v) is 20.6. The molecule has 11 heteroatoms. The van der Waals surface area contributed by atoms with Gasteiger partial charge in [-0.05, 0) is 62.8 Å². The van der Waals surface area contributed by atoms with Gasteiger partial charge in [0.25, 0.3) is 11.8 Å². The Labute approximate surface area is 211 Å². The molecule has 9 nitrogen and oxygen atoms in total. The number of hydrogen-bond donors (Lipinski definition) is 3. The number of nitrogens with zero attached hydrogens (tertiary/aromatic N) is 4. The molecule has 2 amide bonds. The van der Waals surface area contributed by atoms with Crippen LogP contribution in [0.4, 0.5) is 9.52 Å². The molecule has 0 atom stereocenters. The molecule has 0 unspecified atom stereocenters. The minimum absolute atomic E-state index is 0.0649. The number of nitrogens with one attached hydrogen (secondary N) is 2. The number of amides is 2. The molecule has 4 aromatic rings. The summed E-state index contributed by atoms with van der Waals surface area (Å²) >= 11 is 1.24. The van der Waals surface area contributed by atoms with Crippen molar-refractivity contribution in [2.45, 2.75) is 12.8 Å². The first-order valence-corrected chi connectivity index (χ1v) is 12.1. The molecule has 0 aliphatic carbocycles. The number of thiazole rings is 1. The molecule has 0 aliphatic heterocycles. The maximum Gasteiger partial charge on any atom is 0.276 e. The minimum atomic E-state index is -0.603. The molecule has 4 rings (SSSR count). The smallest absolute Gasteiger partial charge is 0.276 e. The number of aromatic nitrogens is 3. The van der Waals surface area contributed by atoms with Crippen LogP contribution in [-0.4, -0.2) is 64.0 Å². The van der Waals surface area contributed by atoms with Gasteiger partial charge in [0, 0.05) is 29.7 Å². The number of pyridine rings is 2. The Morgan fingerprint density at radius 3 is 2.56 bits per heavy atom. The average molecular weight is 509 g/mol. The summed E-state index contributed by atoms with van der Waals surface area (Å²) in [6.07, 6.45) is 4.23. The normalized spacial score (nSPS) is 11.1. The molecule has 0 aliphatic rings. The summed E-state index contributed by atoms with van der Waals surface area (Å²) in [7, 11) is 3.86. The molecule has 0 saturated heterocycles. The van der Waals surface area contributed by atoms with Crippen molar-refractivity contribution in [3.8, 4) is 5.75 Å². The number of carbonyl (C=O) groups is 2. The predicted octanol–water partition coefficient (Wildman–Crippen LogP) is 3.46. The van der Waals surface area contributed by atoms with Crippen molar-refractivity contribution in [3.05, 3.63) is 76.4 Å². The Balaban J connectivity index is 1.71. The molecule has 0 radical (unpaired) electrons. The fourth-order valence-electron chi connectivity index (χ4n) is 3.60. The number of benzene rings is 1. The van der Waals surface area contributed by atoms with Gasteiger partial charge >= 0.3 is 0 Å². The Morgan fingerprint density at radius 2 is 1.86 bits per heavy atom. The van der Waals surface area contributed by atoms with Gasteiger partial charge in [-0.1, -0.05) is 12.1 Å². The predicted molar refractivity (Wildman–Crippen MR) is 136 cm³/mol. The summed E-state index contributed by atoms with van der Waals surface area (Å²) in [5.74, 6) is -1.93. The molecule has 0 bridgehead atoms. The summed E-state index contributed by atoms with van der Waals surface area (Å²) in [5, 5.41) is 18.6. The summed E-state index contributed by atoms with van der Waals surface area (Å²) < 4.78 is 13.3. The van der Waals surface area contributed by atoms with Crippen molar-refractivity contribution < 1.29 is 19.1 Å². The second-order valence-corrected chi connectivity index (χ2v) is 9.30. The number of aromatic hydroxyl groups is 1. The average Bonchev–Trinajstić information content (AvgIpc) is 3.36. The van der Waals surface area contributed by atoms with Gasteiger partial charge in [-0.2, -0.15) is 0 Å². The second-order valence-electron chi connectivity index (χ2n) is 8.40. The van der Waals surface area contributed by atoms with Crippen molar-refractivity contribution in [2.75, 3.05) is 32.5 Å². The highest BCUT2D eigenvalue weighted by Gasteiger charge is 2.24. The lowest BCUT2D eigenvalue weighted by atomic mass is 10.0. The van der Waals surface area contributed by atoms with Crippen LogP contribution in [0, 0.1) is 5.82 Å². The van der Waals surface area contributed by atoms with E-state index in [0.29, 0.717) is 24.5 Å². The summed E-state index contributed by atoms with van der Waals surface area (Å²) in [5.41, 5.74) is 1.30. The first kappa shape index (κ1) is 25.1. The molecular formula is C25H25FN6O3S. The monoisotopic (exact) mass is 508 g/mol. The molecule has 0 fully saturated rings. The molecule has 1 aromatic carbocycles. The summed E-state index contributed by atoms with van der Waals surface area (Å²) in [6, 6.07) is 7.75. The van der Waals surface area contributed by atoms with Crippen molar-refractivity contribution in [2.24, 2.45) is 0 Å². The quantitative estimate of drug-likeness (QED) is 0.296. The van der Waals surface area contributed by atoms with Gasteiger partial charge in [0.15, 0.2) is 16.6 Å². The largest absolute Gasteiger partial charge is 0.504 e. The number of fused-ring (bicyclic) bond motifs is 1. The lowest BCUT2D eigenvalue weighted by molar-refractivity contribution is 0.0944. The van der Waals surface area contributed by atoms with E-state index in [1.807, 2.05) is 19.0 Å². The third kappa shape index (κ3) is 5.99. The Kier molecular flexibility index (Phi) is 7.81. The van der Waals surface area contributed by atoms with Gasteiger partial charge in [0.05, 0.1) is 0 Å². The maximum absolute atomic E-state index is 13.3. The molecule has 36 heavy (non-hydrogen) atoms. The van der Waals surface area contributed by atoms with E-state index in [0.717, 1.165) is 17.7 Å². The van der Waals surface area contributed by atoms with Gasteiger partial charge in [-0.25, -0.2) is 14.4 Å². The zero-order valence-electron chi connectivity index (χ0n) is 19.8. The van der Waals surface area contributed by atoms with E-state index in [-0.39, 0.29) is 28.1 Å². The molecule has 3 aromatic heterocycles. The van der Waals surface area contributed by atoms with Gasteiger partial charge in [0.2, 0.25) is 0 Å². The van der Waals surface area contributed by atoms with Crippen molar-refractivity contribution in [3.63, 3.8) is 0 Å². The van der Waals surface area contributed by atoms with Crippen LogP contribution in [0.5, 0.6) is 5.75 Å². The minimum Gasteiger partial charge on any atom is -0.504 e. The van der Waals surface area contributed by atoms with Crippen LogP contribution in [0.1, 0.15) is 38.5 Å². The van der Waals surface area contributed by atoms with Gasteiger partial charge < -0.3 is 15.3 Å². The molecule has 0 spiro atoms. The molecule has 3 N–H and O–H groups in total. The van der Waals surface area contributed by atoms with E-state index >= 15 is 0 Å². The Bertz CT molecular complexity index is 1380. The van der Waals surface area contributed by atoms with E-state index in [4.69, 9.17) is 0 Å². The highest BCUT2D eigenvalue weighted by atomic mass is 32.1. The van der Waals surface area contributed by atoms with Crippen LogP contribution in [0.25, 0.3) is 10.9 Å². The first-order chi connectivity index (χ1) is 17.3. The lowest BCUT2D eigenvalue weighted by Crippen LogP contribution is -2.28. The van der Waals surface area contributed by atoms with Crippen molar-refractivity contribution in [1.29, 1.82) is 0 Å². The number of halogens is 1. The van der Waals surface area contributed by atoms with E-state index < -0.39 is 17.6 Å². The number of carbonyl (C=O) groups excluding carboxylic acids is 2. The van der Waals surface area contributed by atoms with Gasteiger partial charge in [0.1, 0.15) is 17.0 Å². The fourth-order valence-corrected chi connectivity index (χ4v) is 4.13. The Hall–Kier alpha value is -3.96. The molecule has 0 saturated carbocycles. The second kappa shape index (κ2) is 11.2. The first-order valence-electron chi connectivity index (χ1n) is 11.2. The SMILES string of the molecule is CN(C)CCCNC(=O)c1nc(C(=O)Nc2nccs2)c2cc(Cc3ccc(F)cc3)cnc2c1O. The molecule has 186 valence electrons. The summed E-state index contributed by atoms with van der Waals surface area (Å²) in [4.78, 5) is 40.7. The standard InChI is InChI=1S/C25H25FN6O3S/c1-32(2)10-3-8-27-23(34)21-22(33)19-18(20(30-21)24(35)31-25-28-9-11-36-25)13-16(14-29-19)12-15-4-6-17(26)7-5-15/h4-7,9,11,13-14,33H,3,8,10,12H2,1-2H3,(H,27,34)(H,28,31,35). The van der Waals surface area contributed by atoms with Crippen LogP contribution in [0.3, 0.4) is 0 Å². The highest BCUT2D eigenvalue weighted by molar-refractivity contribution is 7.13. The Morgan fingerprint density at radius 1 is 1.08 bits per heavy atom. The van der Waals surface area contributed by atoms with E-state index in [2.05, 4.69) is 25.6 Å². The maximum atomic E-state index is 13.3. The van der Waals surface area contributed by atoms with E-state index in [1.165, 1.54) is 23.5 Å². The highest BCUT2D eigenvalue weighted by Crippen LogP contribution is 2.30. The van der Waals surface area contributed by atoms with Gasteiger partial charge in [-0.3, -0.25) is 19.9 Å². The third-order valence-electron chi connectivity index (χ3n) is 5.34. The fraction of sp³-hybridized carbons (Fsp3) is 0.240. The van der Waals surface area contributed by atoms with Crippen LogP contribution in [0.2, 0.25) is 0 Å². The van der Waals surface area contributed by atoms with Gasteiger partial charge in [-0.15, -0.1) is 11.3 Å². The number of anilines is 1. The topological polar surface area (TPSA) is 120 Å². The van der Waals surface area contributed by atoms with Crippen LogP contribution in [0.15, 0.2) is 48.1 Å². The molecule has 3 heterocycles. The van der Waals surface area contributed by atoms with Crippen molar-refractivity contribution in [1.82, 2.24) is 25.2 Å². The van der Waals surface area contributed by atoms with Crippen molar-refractivity contribution >= 4 is 39.2 Å². The van der Waals surface area contributed by atoms with Crippen LogP contribution in [-0.2, 0) is 6.42 Å². The lowest BCUT2D eigenvalue weighted by Gasteiger charge is -2.13. The number of rotatable bonds is 9. The number of hydrogen-bond acceptors (Lipinski definition) is 8. The van der Waals surface area contributed by atoms with E-state index in [9.17, 15) is 19.1 Å². The summed E-state index contributed by atoms with van der Waals surface area (Å²) in [6.45, 7) is 1.15. The zero-order chi connectivity index (χ0) is 25.7. The third-order valence-corrected chi connectivity index (χ3v) is 6.03. The van der Waals surface area contributed by atoms with Crippen LogP contribution < -0.4 is 10.6 Å².